The van der Waals surface area contributed by atoms with Crippen LogP contribution in [0.15, 0.2) is 24.4 Å². The fourth-order valence-electron chi connectivity index (χ4n) is 2.52. The Balaban J connectivity index is 1.89. The number of pyridine rings is 1. The second-order valence-electron chi connectivity index (χ2n) is 5.32. The molecule has 5 nitrogen and oxygen atoms in total. The molecule has 1 amide bonds. The third-order valence-electron chi connectivity index (χ3n) is 3.70. The molecule has 3 aromatic rings. The first-order valence-electron chi connectivity index (χ1n) is 7.55. The van der Waals surface area contributed by atoms with E-state index >= 15 is 0 Å². The fraction of sp³-hybridized carbons (Fsp3) is 0.294. The van der Waals surface area contributed by atoms with E-state index in [9.17, 15) is 4.79 Å². The number of carbonyl (C=O) groups is 1. The van der Waals surface area contributed by atoms with Gasteiger partial charge in [0.15, 0.2) is 0 Å². The van der Waals surface area contributed by atoms with Crippen molar-refractivity contribution in [2.75, 3.05) is 0 Å². The van der Waals surface area contributed by atoms with E-state index in [4.69, 9.17) is 0 Å². The average molecular weight is 326 g/mol. The van der Waals surface area contributed by atoms with Crippen molar-refractivity contribution < 1.29 is 4.79 Å². The number of nitrogens with zero attached hydrogens (tertiary/aromatic N) is 3. The van der Waals surface area contributed by atoms with Crippen LogP contribution in [0.25, 0.3) is 10.2 Å². The Morgan fingerprint density at radius 3 is 2.78 bits per heavy atom. The Hall–Kier alpha value is -2.34. The lowest BCUT2D eigenvalue weighted by atomic mass is 10.1. The first kappa shape index (κ1) is 15.6. The van der Waals surface area contributed by atoms with Crippen LogP contribution in [0.4, 0.5) is 0 Å². The van der Waals surface area contributed by atoms with Gasteiger partial charge in [-0.2, -0.15) is 0 Å². The van der Waals surface area contributed by atoms with Gasteiger partial charge < -0.3 is 5.32 Å². The molecule has 0 saturated carbocycles. The van der Waals surface area contributed by atoms with Gasteiger partial charge in [-0.15, -0.1) is 11.3 Å². The van der Waals surface area contributed by atoms with E-state index in [2.05, 4.69) is 20.3 Å². The molecule has 6 heteroatoms. The van der Waals surface area contributed by atoms with Gasteiger partial charge in [0.05, 0.1) is 17.1 Å². The minimum absolute atomic E-state index is 0.0893. The summed E-state index contributed by atoms with van der Waals surface area (Å²) in [5.41, 5.74) is 2.72. The van der Waals surface area contributed by atoms with E-state index in [1.54, 1.807) is 6.20 Å². The van der Waals surface area contributed by atoms with Crippen molar-refractivity contribution in [2.45, 2.75) is 33.7 Å². The van der Waals surface area contributed by atoms with E-state index in [0.29, 0.717) is 11.4 Å². The molecule has 1 N–H and O–H groups in total. The number of fused-ring (bicyclic) bond motifs is 1. The normalized spacial score (nSPS) is 10.9. The number of rotatable bonds is 4. The minimum atomic E-state index is -0.0893. The number of thiophene rings is 1. The Morgan fingerprint density at radius 1 is 1.26 bits per heavy atom. The lowest BCUT2D eigenvalue weighted by molar-refractivity contribution is 0.0954. The summed E-state index contributed by atoms with van der Waals surface area (Å²) in [6, 6.07) is 5.65. The third-order valence-corrected chi connectivity index (χ3v) is 4.88. The van der Waals surface area contributed by atoms with E-state index in [0.717, 1.165) is 39.4 Å². The van der Waals surface area contributed by atoms with Gasteiger partial charge in [-0.3, -0.25) is 9.78 Å². The Kier molecular flexibility index (Phi) is 4.34. The average Bonchev–Trinajstić information content (AvgIpc) is 2.90. The summed E-state index contributed by atoms with van der Waals surface area (Å²) >= 11 is 1.43. The van der Waals surface area contributed by atoms with Gasteiger partial charge >= 0.3 is 0 Å². The number of hydrogen-bond acceptors (Lipinski definition) is 5. The maximum atomic E-state index is 12.5. The highest BCUT2D eigenvalue weighted by Crippen LogP contribution is 2.31. The lowest BCUT2D eigenvalue weighted by Crippen LogP contribution is -2.22. The molecular weight excluding hydrogens is 308 g/mol. The highest BCUT2D eigenvalue weighted by molar-refractivity contribution is 7.20. The molecule has 0 radical (unpaired) electrons. The largest absolute Gasteiger partial charge is 0.346 e. The van der Waals surface area contributed by atoms with Crippen LogP contribution >= 0.6 is 11.3 Å². The zero-order valence-corrected chi connectivity index (χ0v) is 14.2. The molecular formula is C17H18N4OS. The number of aryl methyl sites for hydroxylation is 3. The molecule has 0 atom stereocenters. The lowest BCUT2D eigenvalue weighted by Gasteiger charge is -2.04. The van der Waals surface area contributed by atoms with Gasteiger partial charge in [-0.05, 0) is 31.5 Å². The number of nitrogens with one attached hydrogen (secondary N) is 1. The second-order valence-corrected chi connectivity index (χ2v) is 6.32. The van der Waals surface area contributed by atoms with Crippen LogP contribution in [-0.2, 0) is 13.0 Å². The van der Waals surface area contributed by atoms with Crippen LogP contribution in [0.1, 0.15) is 39.4 Å². The van der Waals surface area contributed by atoms with Crippen LogP contribution in [0.3, 0.4) is 0 Å². The molecule has 0 saturated heterocycles. The van der Waals surface area contributed by atoms with Crippen LogP contribution < -0.4 is 5.32 Å². The van der Waals surface area contributed by atoms with Crippen molar-refractivity contribution in [1.29, 1.82) is 0 Å². The molecule has 0 spiro atoms. The van der Waals surface area contributed by atoms with Crippen LogP contribution in [0.2, 0.25) is 0 Å². The quantitative estimate of drug-likeness (QED) is 0.799. The van der Waals surface area contributed by atoms with Gasteiger partial charge in [0.1, 0.15) is 10.7 Å². The highest BCUT2D eigenvalue weighted by Gasteiger charge is 2.18. The minimum Gasteiger partial charge on any atom is -0.346 e. The molecule has 0 aliphatic heterocycles. The van der Waals surface area contributed by atoms with E-state index in [1.165, 1.54) is 11.3 Å². The SMILES string of the molecule is CCc1nc(C)c2c(C)c(C(=O)NCc3ccccn3)sc2n1. The molecule has 3 aromatic heterocycles. The molecule has 0 unspecified atom stereocenters. The smallest absolute Gasteiger partial charge is 0.262 e. The van der Waals surface area contributed by atoms with Crippen LogP contribution in [0, 0.1) is 13.8 Å². The van der Waals surface area contributed by atoms with Crippen molar-refractivity contribution in [3.63, 3.8) is 0 Å². The molecule has 3 rings (SSSR count). The van der Waals surface area contributed by atoms with Crippen molar-refractivity contribution >= 4 is 27.5 Å². The fourth-order valence-corrected chi connectivity index (χ4v) is 3.69. The number of hydrogen-bond donors (Lipinski definition) is 1. The first-order chi connectivity index (χ1) is 11.1. The van der Waals surface area contributed by atoms with Crippen molar-refractivity contribution in [3.8, 4) is 0 Å². The summed E-state index contributed by atoms with van der Waals surface area (Å²) in [5.74, 6) is 0.727. The number of amides is 1. The zero-order chi connectivity index (χ0) is 16.4. The second kappa shape index (κ2) is 6.42. The molecule has 0 fully saturated rings. The van der Waals surface area contributed by atoms with Crippen LogP contribution in [0.5, 0.6) is 0 Å². The zero-order valence-electron chi connectivity index (χ0n) is 13.4. The summed E-state index contributed by atoms with van der Waals surface area (Å²) in [5, 5.41) is 3.92. The summed E-state index contributed by atoms with van der Waals surface area (Å²) < 4.78 is 0. The van der Waals surface area contributed by atoms with Gasteiger partial charge in [0.25, 0.3) is 5.91 Å². The predicted molar refractivity (Wildman–Crippen MR) is 91.7 cm³/mol. The van der Waals surface area contributed by atoms with E-state index in [1.807, 2.05) is 39.0 Å². The third kappa shape index (κ3) is 3.07. The Labute approximate surface area is 138 Å². The van der Waals surface area contributed by atoms with Gasteiger partial charge in [-0.25, -0.2) is 9.97 Å². The maximum Gasteiger partial charge on any atom is 0.262 e. The maximum absolute atomic E-state index is 12.5. The summed E-state index contributed by atoms with van der Waals surface area (Å²) in [7, 11) is 0. The van der Waals surface area contributed by atoms with Gasteiger partial charge in [0.2, 0.25) is 0 Å². The standard InChI is InChI=1S/C17H18N4OS/c1-4-13-20-11(3)14-10(2)15(23-17(14)21-13)16(22)19-9-12-7-5-6-8-18-12/h5-8H,4,9H2,1-3H3,(H,19,22). The highest BCUT2D eigenvalue weighted by atomic mass is 32.1. The first-order valence-corrected chi connectivity index (χ1v) is 8.36. The van der Waals surface area contributed by atoms with E-state index < -0.39 is 0 Å². The Morgan fingerprint density at radius 2 is 2.09 bits per heavy atom. The summed E-state index contributed by atoms with van der Waals surface area (Å²) in [6.45, 7) is 6.37. The summed E-state index contributed by atoms with van der Waals surface area (Å²) in [4.78, 5) is 27.3. The predicted octanol–water partition coefficient (Wildman–Crippen LogP) is 3.20. The topological polar surface area (TPSA) is 67.8 Å². The number of carbonyl (C=O) groups excluding carboxylic acids is 1. The molecule has 23 heavy (non-hydrogen) atoms. The van der Waals surface area contributed by atoms with Crippen molar-refractivity contribution in [3.05, 3.63) is 52.0 Å². The molecule has 0 bridgehead atoms. The molecule has 118 valence electrons. The number of aromatic nitrogens is 3. The molecule has 0 aliphatic rings. The molecule has 0 aliphatic carbocycles. The monoisotopic (exact) mass is 326 g/mol. The van der Waals surface area contributed by atoms with Gasteiger partial charge in [-0.1, -0.05) is 13.0 Å². The molecule has 3 heterocycles. The van der Waals surface area contributed by atoms with E-state index in [-0.39, 0.29) is 5.91 Å². The van der Waals surface area contributed by atoms with Gasteiger partial charge in [0, 0.05) is 23.7 Å². The summed E-state index contributed by atoms with van der Waals surface area (Å²) in [6.07, 6.45) is 2.51. The van der Waals surface area contributed by atoms with Crippen molar-refractivity contribution in [1.82, 2.24) is 20.3 Å². The van der Waals surface area contributed by atoms with Crippen molar-refractivity contribution in [2.24, 2.45) is 0 Å². The Bertz CT molecular complexity index is 858. The molecule has 0 aromatic carbocycles. The van der Waals surface area contributed by atoms with Crippen LogP contribution in [-0.4, -0.2) is 20.9 Å².